The zero-order valence-electron chi connectivity index (χ0n) is 15.4. The number of hydrogen-bond donors (Lipinski definition) is 0. The van der Waals surface area contributed by atoms with Crippen molar-refractivity contribution in [1.29, 1.82) is 0 Å². The fraction of sp³-hybridized carbons (Fsp3) is 0.474. The lowest BCUT2D eigenvalue weighted by molar-refractivity contribution is -0.140. The molecule has 1 aromatic heterocycles. The van der Waals surface area contributed by atoms with Gasteiger partial charge in [0.1, 0.15) is 15.6 Å². The highest BCUT2D eigenvalue weighted by Crippen LogP contribution is 2.43. The Morgan fingerprint density at radius 1 is 1.19 bits per heavy atom. The van der Waals surface area contributed by atoms with Crippen molar-refractivity contribution in [2.45, 2.75) is 45.2 Å². The van der Waals surface area contributed by atoms with Gasteiger partial charge >= 0.3 is 5.97 Å². The van der Waals surface area contributed by atoms with Crippen molar-refractivity contribution in [1.82, 2.24) is 4.90 Å². The summed E-state index contributed by atoms with van der Waals surface area (Å²) in [6.07, 6.45) is 3.03. The van der Waals surface area contributed by atoms with Gasteiger partial charge in [0.15, 0.2) is 6.61 Å². The molecule has 0 N–H and O–H groups in total. The second-order valence-electron chi connectivity index (χ2n) is 6.71. The van der Waals surface area contributed by atoms with E-state index in [9.17, 15) is 9.59 Å². The van der Waals surface area contributed by atoms with Crippen LogP contribution in [0.1, 0.15) is 42.8 Å². The first-order chi connectivity index (χ1) is 12.8. The number of likely N-dealkylation sites (tertiary alicyclic amines) is 1. The Morgan fingerprint density at radius 3 is 2.48 bits per heavy atom. The average Bonchev–Trinajstić information content (AvgIpc) is 2.98. The van der Waals surface area contributed by atoms with Crippen LogP contribution >= 0.6 is 34.5 Å². The third kappa shape index (κ3) is 3.89. The van der Waals surface area contributed by atoms with E-state index in [4.69, 9.17) is 32.7 Å². The molecule has 146 valence electrons. The molecule has 2 unspecified atom stereocenters. The van der Waals surface area contributed by atoms with Crippen LogP contribution in [0.5, 0.6) is 5.75 Å². The lowest BCUT2D eigenvalue weighted by Gasteiger charge is -2.38. The summed E-state index contributed by atoms with van der Waals surface area (Å²) in [7, 11) is 1.52. The number of halogens is 2. The Morgan fingerprint density at radius 2 is 1.85 bits per heavy atom. The van der Waals surface area contributed by atoms with Gasteiger partial charge in [0, 0.05) is 17.5 Å². The molecule has 0 spiro atoms. The summed E-state index contributed by atoms with van der Waals surface area (Å²) in [4.78, 5) is 27.1. The van der Waals surface area contributed by atoms with Crippen LogP contribution in [0.2, 0.25) is 10.0 Å². The number of thiophene rings is 1. The van der Waals surface area contributed by atoms with Gasteiger partial charge in [0.25, 0.3) is 5.91 Å². The predicted molar refractivity (Wildman–Crippen MR) is 108 cm³/mol. The van der Waals surface area contributed by atoms with E-state index in [0.29, 0.717) is 20.9 Å². The molecule has 2 aromatic rings. The summed E-state index contributed by atoms with van der Waals surface area (Å²) in [6, 6.07) is 3.75. The molecular weight excluding hydrogens is 409 g/mol. The molecule has 8 heteroatoms. The zero-order chi connectivity index (χ0) is 19.7. The molecule has 1 aliphatic heterocycles. The first-order valence-electron chi connectivity index (χ1n) is 8.78. The van der Waals surface area contributed by atoms with Gasteiger partial charge in [-0.3, -0.25) is 4.79 Å². The molecule has 2 heterocycles. The standard InChI is InChI=1S/C19H21Cl2NO4S/c1-10-5-4-6-11(2)22(10)14(23)9-26-19(24)18-15(20)12-7-8-13(25-3)16(21)17(12)27-18/h7-8,10-11H,4-6,9H2,1-3H3. The fourth-order valence-electron chi connectivity index (χ4n) is 3.55. The van der Waals surface area contributed by atoms with E-state index in [1.165, 1.54) is 7.11 Å². The molecule has 3 rings (SSSR count). The second kappa shape index (κ2) is 8.25. The summed E-state index contributed by atoms with van der Waals surface area (Å²) in [5.41, 5.74) is 0. The summed E-state index contributed by atoms with van der Waals surface area (Å²) >= 11 is 13.8. The smallest absolute Gasteiger partial charge is 0.350 e. The van der Waals surface area contributed by atoms with Gasteiger partial charge in [-0.1, -0.05) is 23.2 Å². The van der Waals surface area contributed by atoms with E-state index in [2.05, 4.69) is 0 Å². The van der Waals surface area contributed by atoms with E-state index in [1.54, 1.807) is 12.1 Å². The molecule has 1 amide bonds. The van der Waals surface area contributed by atoms with Crippen molar-refractivity contribution in [2.75, 3.05) is 13.7 Å². The van der Waals surface area contributed by atoms with Crippen molar-refractivity contribution < 1.29 is 19.1 Å². The second-order valence-corrected chi connectivity index (χ2v) is 8.49. The van der Waals surface area contributed by atoms with Crippen molar-refractivity contribution >= 4 is 56.5 Å². The lowest BCUT2D eigenvalue weighted by Crippen LogP contribution is -2.49. The number of esters is 1. The maximum atomic E-state index is 12.5. The number of carbonyl (C=O) groups is 2. The van der Waals surface area contributed by atoms with Crippen molar-refractivity contribution in [3.63, 3.8) is 0 Å². The minimum Gasteiger partial charge on any atom is -0.495 e. The quantitative estimate of drug-likeness (QED) is 0.629. The monoisotopic (exact) mass is 429 g/mol. The molecule has 1 aromatic carbocycles. The van der Waals surface area contributed by atoms with Crippen LogP contribution in [0.4, 0.5) is 0 Å². The number of piperidine rings is 1. The Hall–Kier alpha value is -1.50. The van der Waals surface area contributed by atoms with Gasteiger partial charge in [-0.15, -0.1) is 11.3 Å². The normalized spacial score (nSPS) is 20.0. The molecule has 1 fully saturated rings. The highest BCUT2D eigenvalue weighted by atomic mass is 35.5. The van der Waals surface area contributed by atoms with Crippen LogP contribution in [-0.2, 0) is 9.53 Å². The number of nitrogens with zero attached hydrogens (tertiary/aromatic N) is 1. The minimum atomic E-state index is -0.623. The molecule has 1 saturated heterocycles. The Bertz CT molecular complexity index is 872. The third-order valence-corrected chi connectivity index (χ3v) is 7.11. The molecule has 0 aliphatic carbocycles. The van der Waals surface area contributed by atoms with E-state index in [0.717, 1.165) is 30.6 Å². The molecule has 0 radical (unpaired) electrons. The average molecular weight is 430 g/mol. The molecular formula is C19H21Cl2NO4S. The van der Waals surface area contributed by atoms with Crippen molar-refractivity contribution in [3.8, 4) is 5.75 Å². The van der Waals surface area contributed by atoms with Crippen molar-refractivity contribution in [2.24, 2.45) is 0 Å². The molecule has 0 saturated carbocycles. The molecule has 27 heavy (non-hydrogen) atoms. The largest absolute Gasteiger partial charge is 0.495 e. The molecule has 0 bridgehead atoms. The van der Waals surface area contributed by atoms with Crippen LogP contribution in [0.25, 0.3) is 10.1 Å². The maximum Gasteiger partial charge on any atom is 0.350 e. The summed E-state index contributed by atoms with van der Waals surface area (Å²) in [6.45, 7) is 3.75. The van der Waals surface area contributed by atoms with E-state index < -0.39 is 5.97 Å². The van der Waals surface area contributed by atoms with Gasteiger partial charge in [-0.2, -0.15) is 0 Å². The number of benzene rings is 1. The number of carbonyl (C=O) groups excluding carboxylic acids is 2. The number of methoxy groups -OCH3 is 1. The molecule has 2 atom stereocenters. The number of hydrogen-bond acceptors (Lipinski definition) is 5. The van der Waals surface area contributed by atoms with Crippen LogP contribution < -0.4 is 4.74 Å². The molecule has 1 aliphatic rings. The maximum absolute atomic E-state index is 12.5. The van der Waals surface area contributed by atoms with Crippen LogP contribution in [-0.4, -0.2) is 42.6 Å². The van der Waals surface area contributed by atoms with Crippen LogP contribution in [0.3, 0.4) is 0 Å². The number of amides is 1. The van der Waals surface area contributed by atoms with Crippen LogP contribution in [0, 0.1) is 0 Å². The number of rotatable bonds is 4. The fourth-order valence-corrected chi connectivity index (χ4v) is 5.33. The van der Waals surface area contributed by atoms with Gasteiger partial charge < -0.3 is 14.4 Å². The Labute approximate surface area is 172 Å². The van der Waals surface area contributed by atoms with E-state index >= 15 is 0 Å². The predicted octanol–water partition coefficient (Wildman–Crippen LogP) is 5.16. The van der Waals surface area contributed by atoms with Crippen LogP contribution in [0.15, 0.2) is 12.1 Å². The minimum absolute atomic E-state index is 0.152. The third-order valence-electron chi connectivity index (χ3n) is 4.92. The van der Waals surface area contributed by atoms with Gasteiger partial charge in [0.05, 0.1) is 16.8 Å². The van der Waals surface area contributed by atoms with Crippen molar-refractivity contribution in [3.05, 3.63) is 27.1 Å². The topological polar surface area (TPSA) is 55.8 Å². The van der Waals surface area contributed by atoms with E-state index in [-0.39, 0.29) is 34.5 Å². The Balaban J connectivity index is 1.75. The lowest BCUT2D eigenvalue weighted by atomic mass is 9.97. The first-order valence-corrected chi connectivity index (χ1v) is 10.3. The zero-order valence-corrected chi connectivity index (χ0v) is 17.7. The number of ether oxygens (including phenoxy) is 2. The Kier molecular flexibility index (Phi) is 6.18. The first kappa shape index (κ1) is 20.2. The molecule has 5 nitrogen and oxygen atoms in total. The van der Waals surface area contributed by atoms with Gasteiger partial charge in [-0.25, -0.2) is 4.79 Å². The SMILES string of the molecule is COc1ccc2c(Cl)c(C(=O)OCC(=O)N3C(C)CCCC3C)sc2c1Cl. The summed E-state index contributed by atoms with van der Waals surface area (Å²) in [5.74, 6) is -0.299. The summed E-state index contributed by atoms with van der Waals surface area (Å²) < 4.78 is 11.1. The van der Waals surface area contributed by atoms with E-state index in [1.807, 2.05) is 18.7 Å². The highest BCUT2D eigenvalue weighted by Gasteiger charge is 2.30. The highest BCUT2D eigenvalue weighted by molar-refractivity contribution is 7.22. The van der Waals surface area contributed by atoms with Gasteiger partial charge in [0.2, 0.25) is 0 Å². The number of fused-ring (bicyclic) bond motifs is 1. The van der Waals surface area contributed by atoms with Gasteiger partial charge in [-0.05, 0) is 45.2 Å². The summed E-state index contributed by atoms with van der Waals surface area (Å²) in [5, 5.41) is 1.33.